The Bertz CT molecular complexity index is 635. The zero-order valence-electron chi connectivity index (χ0n) is 11.9. The number of hydrogen-bond donors (Lipinski definition) is 1. The van der Waals surface area contributed by atoms with E-state index in [4.69, 9.17) is 0 Å². The molecule has 2 aromatic rings. The van der Waals surface area contributed by atoms with Gasteiger partial charge in [-0.25, -0.2) is 0 Å². The Morgan fingerprint density at radius 1 is 1.15 bits per heavy atom. The smallest absolute Gasteiger partial charge is 0.256 e. The highest BCUT2D eigenvalue weighted by atomic mass is 127. The van der Waals surface area contributed by atoms with E-state index < -0.39 is 0 Å². The third-order valence-corrected chi connectivity index (χ3v) is 4.09. The molecule has 3 heteroatoms. The van der Waals surface area contributed by atoms with Crippen molar-refractivity contribution in [2.24, 2.45) is 0 Å². The molecule has 0 unspecified atom stereocenters. The van der Waals surface area contributed by atoms with Crippen molar-refractivity contribution < 1.29 is 4.79 Å². The number of hydrogen-bond acceptors (Lipinski definition) is 1. The van der Waals surface area contributed by atoms with Gasteiger partial charge in [-0.2, -0.15) is 0 Å². The molecule has 104 valence electrons. The number of anilines is 1. The molecule has 0 fully saturated rings. The zero-order valence-corrected chi connectivity index (χ0v) is 14.1. The van der Waals surface area contributed by atoms with Crippen LogP contribution in [-0.4, -0.2) is 5.91 Å². The highest BCUT2D eigenvalue weighted by molar-refractivity contribution is 14.1. The van der Waals surface area contributed by atoms with E-state index in [2.05, 4.69) is 47.8 Å². The van der Waals surface area contributed by atoms with Gasteiger partial charge in [-0.05, 0) is 59.2 Å². The summed E-state index contributed by atoms with van der Waals surface area (Å²) in [6, 6.07) is 13.8. The van der Waals surface area contributed by atoms with Crippen LogP contribution in [0.25, 0.3) is 0 Å². The summed E-state index contributed by atoms with van der Waals surface area (Å²) in [6.07, 6.45) is 0. The van der Waals surface area contributed by atoms with E-state index in [-0.39, 0.29) is 5.91 Å². The summed E-state index contributed by atoms with van der Waals surface area (Å²) >= 11 is 2.21. The molecule has 2 rings (SSSR count). The summed E-state index contributed by atoms with van der Waals surface area (Å²) in [4.78, 5) is 12.4. The van der Waals surface area contributed by atoms with Crippen LogP contribution in [0.3, 0.4) is 0 Å². The average molecular weight is 379 g/mol. The minimum atomic E-state index is -0.0532. The molecular formula is C17H18INO. The Morgan fingerprint density at radius 3 is 2.50 bits per heavy atom. The SMILES string of the molecule is Cc1ccc(C(=O)Nc2ccccc2C(C)C)c(I)c1. The topological polar surface area (TPSA) is 29.1 Å². The second-order valence-corrected chi connectivity index (χ2v) is 6.34. The van der Waals surface area contributed by atoms with Gasteiger partial charge in [0, 0.05) is 9.26 Å². The number of amides is 1. The van der Waals surface area contributed by atoms with Gasteiger partial charge in [-0.3, -0.25) is 4.79 Å². The molecule has 1 N–H and O–H groups in total. The number of carbonyl (C=O) groups is 1. The van der Waals surface area contributed by atoms with Gasteiger partial charge in [-0.1, -0.05) is 43.7 Å². The van der Waals surface area contributed by atoms with Crippen LogP contribution in [0.15, 0.2) is 42.5 Å². The number of benzene rings is 2. The van der Waals surface area contributed by atoms with Crippen molar-refractivity contribution in [1.82, 2.24) is 0 Å². The van der Waals surface area contributed by atoms with E-state index in [0.717, 1.165) is 25.9 Å². The minimum Gasteiger partial charge on any atom is -0.322 e. The van der Waals surface area contributed by atoms with Crippen LogP contribution in [0.2, 0.25) is 0 Å². The lowest BCUT2D eigenvalue weighted by molar-refractivity contribution is 0.102. The normalized spacial score (nSPS) is 10.7. The molecular weight excluding hydrogens is 361 g/mol. The summed E-state index contributed by atoms with van der Waals surface area (Å²) in [5.74, 6) is 0.325. The Labute approximate surface area is 133 Å². The zero-order chi connectivity index (χ0) is 14.7. The summed E-state index contributed by atoms with van der Waals surface area (Å²) in [6.45, 7) is 6.28. The van der Waals surface area contributed by atoms with Gasteiger partial charge in [0.25, 0.3) is 5.91 Å². The Kier molecular flexibility index (Phi) is 4.81. The second-order valence-electron chi connectivity index (χ2n) is 5.18. The predicted molar refractivity (Wildman–Crippen MR) is 92.4 cm³/mol. The Balaban J connectivity index is 2.28. The predicted octanol–water partition coefficient (Wildman–Crippen LogP) is 4.98. The number of rotatable bonds is 3. The minimum absolute atomic E-state index is 0.0532. The molecule has 0 aliphatic rings. The molecule has 0 bridgehead atoms. The maximum Gasteiger partial charge on any atom is 0.256 e. The van der Waals surface area contributed by atoms with Crippen molar-refractivity contribution in [2.75, 3.05) is 5.32 Å². The van der Waals surface area contributed by atoms with Crippen LogP contribution in [0.1, 0.15) is 41.3 Å². The van der Waals surface area contributed by atoms with E-state index in [1.807, 2.05) is 43.3 Å². The lowest BCUT2D eigenvalue weighted by Gasteiger charge is -2.14. The summed E-state index contributed by atoms with van der Waals surface area (Å²) in [5, 5.41) is 3.02. The van der Waals surface area contributed by atoms with Gasteiger partial charge in [0.1, 0.15) is 0 Å². The number of halogens is 1. The van der Waals surface area contributed by atoms with Crippen molar-refractivity contribution in [3.63, 3.8) is 0 Å². The van der Waals surface area contributed by atoms with E-state index in [1.165, 1.54) is 0 Å². The number of nitrogens with one attached hydrogen (secondary N) is 1. The van der Waals surface area contributed by atoms with Crippen molar-refractivity contribution >= 4 is 34.2 Å². The first kappa shape index (κ1) is 15.0. The van der Waals surface area contributed by atoms with Crippen LogP contribution in [-0.2, 0) is 0 Å². The van der Waals surface area contributed by atoms with Gasteiger partial charge >= 0.3 is 0 Å². The largest absolute Gasteiger partial charge is 0.322 e. The third-order valence-electron chi connectivity index (χ3n) is 3.20. The lowest BCUT2D eigenvalue weighted by atomic mass is 10.0. The number of para-hydroxylation sites is 1. The van der Waals surface area contributed by atoms with Crippen LogP contribution in [0.5, 0.6) is 0 Å². The monoisotopic (exact) mass is 379 g/mol. The van der Waals surface area contributed by atoms with Crippen LogP contribution in [0, 0.1) is 10.5 Å². The van der Waals surface area contributed by atoms with Crippen molar-refractivity contribution in [3.05, 3.63) is 62.7 Å². The molecule has 0 atom stereocenters. The number of aryl methyl sites for hydroxylation is 1. The Morgan fingerprint density at radius 2 is 1.85 bits per heavy atom. The fourth-order valence-electron chi connectivity index (χ4n) is 2.11. The van der Waals surface area contributed by atoms with E-state index in [9.17, 15) is 4.79 Å². The lowest BCUT2D eigenvalue weighted by Crippen LogP contribution is -2.15. The fraction of sp³-hybridized carbons (Fsp3) is 0.235. The number of carbonyl (C=O) groups excluding carboxylic acids is 1. The maximum absolute atomic E-state index is 12.4. The molecule has 0 heterocycles. The van der Waals surface area contributed by atoms with Crippen molar-refractivity contribution in [3.8, 4) is 0 Å². The molecule has 0 saturated carbocycles. The first-order valence-electron chi connectivity index (χ1n) is 6.65. The fourth-order valence-corrected chi connectivity index (χ4v) is 3.02. The van der Waals surface area contributed by atoms with Crippen molar-refractivity contribution in [2.45, 2.75) is 26.7 Å². The molecule has 0 aliphatic carbocycles. The molecule has 2 nitrogen and oxygen atoms in total. The first-order chi connectivity index (χ1) is 9.49. The second kappa shape index (κ2) is 6.39. The maximum atomic E-state index is 12.4. The van der Waals surface area contributed by atoms with Gasteiger partial charge in [-0.15, -0.1) is 0 Å². The first-order valence-corrected chi connectivity index (χ1v) is 7.73. The van der Waals surface area contributed by atoms with E-state index in [1.54, 1.807) is 0 Å². The average Bonchev–Trinajstić information content (AvgIpc) is 2.38. The van der Waals surface area contributed by atoms with Crippen LogP contribution >= 0.6 is 22.6 Å². The van der Waals surface area contributed by atoms with Gasteiger partial charge in [0.15, 0.2) is 0 Å². The Hall–Kier alpha value is -1.36. The van der Waals surface area contributed by atoms with Gasteiger partial charge in [0.05, 0.1) is 5.56 Å². The van der Waals surface area contributed by atoms with Gasteiger partial charge < -0.3 is 5.32 Å². The molecule has 0 radical (unpaired) electrons. The summed E-state index contributed by atoms with van der Waals surface area (Å²) in [5.41, 5.74) is 3.93. The highest BCUT2D eigenvalue weighted by Gasteiger charge is 2.13. The molecule has 0 spiro atoms. The van der Waals surface area contributed by atoms with Crippen LogP contribution in [0.4, 0.5) is 5.69 Å². The summed E-state index contributed by atoms with van der Waals surface area (Å²) < 4.78 is 0.974. The van der Waals surface area contributed by atoms with E-state index in [0.29, 0.717) is 5.92 Å². The quantitative estimate of drug-likeness (QED) is 0.750. The standard InChI is InChI=1S/C17H18INO/c1-11(2)13-6-4-5-7-16(13)19-17(20)14-9-8-12(3)10-15(14)18/h4-11H,1-3H3,(H,19,20). The van der Waals surface area contributed by atoms with Crippen LogP contribution < -0.4 is 5.32 Å². The van der Waals surface area contributed by atoms with Crippen molar-refractivity contribution in [1.29, 1.82) is 0 Å². The van der Waals surface area contributed by atoms with E-state index >= 15 is 0 Å². The molecule has 1 amide bonds. The molecule has 0 aromatic heterocycles. The van der Waals surface area contributed by atoms with Gasteiger partial charge in [0.2, 0.25) is 0 Å². The molecule has 2 aromatic carbocycles. The molecule has 20 heavy (non-hydrogen) atoms. The third kappa shape index (κ3) is 3.39. The molecule has 0 saturated heterocycles. The highest BCUT2D eigenvalue weighted by Crippen LogP contribution is 2.25. The molecule has 0 aliphatic heterocycles. The summed E-state index contributed by atoms with van der Waals surface area (Å²) in [7, 11) is 0.